The highest BCUT2D eigenvalue weighted by atomic mass is 32.1. The number of amides is 1. The number of ether oxygens (including phenoxy) is 1. The van der Waals surface area contributed by atoms with Crippen molar-refractivity contribution in [3.63, 3.8) is 0 Å². The lowest BCUT2D eigenvalue weighted by Gasteiger charge is -2.22. The van der Waals surface area contributed by atoms with E-state index in [0.717, 1.165) is 23.3 Å². The first-order valence-corrected chi connectivity index (χ1v) is 10.6. The minimum absolute atomic E-state index is 0.204. The van der Waals surface area contributed by atoms with Gasteiger partial charge in [0.2, 0.25) is 0 Å². The topological polar surface area (TPSA) is 106 Å². The Morgan fingerprint density at radius 2 is 1.94 bits per heavy atom. The maximum atomic E-state index is 12.8. The van der Waals surface area contributed by atoms with E-state index in [1.165, 1.54) is 42.3 Å². The van der Waals surface area contributed by atoms with Crippen LogP contribution in [-0.2, 0) is 17.6 Å². The Hall–Kier alpha value is -3.52. The molecule has 0 spiro atoms. The van der Waals surface area contributed by atoms with Gasteiger partial charge in [-0.15, -0.1) is 11.3 Å². The van der Waals surface area contributed by atoms with Crippen molar-refractivity contribution in [2.75, 3.05) is 12.4 Å². The average molecular weight is 436 g/mol. The van der Waals surface area contributed by atoms with Crippen LogP contribution >= 0.6 is 11.3 Å². The summed E-state index contributed by atoms with van der Waals surface area (Å²) in [6.45, 7) is 0. The molecule has 7 nitrogen and oxygen atoms in total. The number of carbonyl (C=O) groups excluding carboxylic acids is 2. The number of hydrogen-bond acceptors (Lipinski definition) is 6. The highest BCUT2D eigenvalue weighted by Crippen LogP contribution is 2.42. The van der Waals surface area contributed by atoms with Crippen LogP contribution in [0.5, 0.6) is 0 Å². The number of carboxylic acids is 1. The van der Waals surface area contributed by atoms with Crippen molar-refractivity contribution in [2.45, 2.75) is 25.2 Å². The van der Waals surface area contributed by atoms with E-state index in [-0.39, 0.29) is 11.3 Å². The molecule has 1 unspecified atom stereocenters. The third-order valence-corrected chi connectivity index (χ3v) is 6.58. The summed E-state index contributed by atoms with van der Waals surface area (Å²) in [5, 5.41) is 12.4. The molecule has 0 radical (unpaired) electrons. The molecular weight excluding hydrogens is 416 g/mol. The van der Waals surface area contributed by atoms with Gasteiger partial charge in [-0.2, -0.15) is 0 Å². The van der Waals surface area contributed by atoms with E-state index >= 15 is 0 Å². The Kier molecular flexibility index (Phi) is 5.81. The van der Waals surface area contributed by atoms with Crippen LogP contribution in [0.2, 0.25) is 0 Å². The summed E-state index contributed by atoms with van der Waals surface area (Å²) < 4.78 is 4.97. The Bertz CT molecular complexity index is 1160. The standard InChI is InChI=1S/C23H20N2O5S/c1-30-23(29)18-15-10-9-14(13-6-3-2-4-7-13)12-17(15)31-21(18)25-20(26)19-16(22(27)28)8-5-11-24-19/h2-8,11,14H,9-10,12H2,1H3,(H,25,26)(H,27,28). The lowest BCUT2D eigenvalue weighted by molar-refractivity contribution is 0.0600. The molecule has 0 saturated heterocycles. The van der Waals surface area contributed by atoms with Crippen molar-refractivity contribution in [2.24, 2.45) is 0 Å². The normalized spacial score (nSPS) is 15.1. The Balaban J connectivity index is 1.68. The molecule has 2 heterocycles. The third kappa shape index (κ3) is 4.06. The second-order valence-electron chi connectivity index (χ2n) is 7.21. The number of carboxylic acid groups (broad SMARTS) is 1. The number of esters is 1. The van der Waals surface area contributed by atoms with Crippen molar-refractivity contribution in [1.82, 2.24) is 4.98 Å². The smallest absolute Gasteiger partial charge is 0.341 e. The molecule has 2 aromatic heterocycles. The first-order chi connectivity index (χ1) is 15.0. The fraction of sp³-hybridized carbons (Fsp3) is 0.217. The maximum absolute atomic E-state index is 12.8. The number of fused-ring (bicyclic) bond motifs is 1. The molecule has 31 heavy (non-hydrogen) atoms. The van der Waals surface area contributed by atoms with E-state index in [1.807, 2.05) is 18.2 Å². The number of thiophene rings is 1. The molecular formula is C23H20N2O5S. The lowest BCUT2D eigenvalue weighted by atomic mass is 9.83. The molecule has 1 aliphatic rings. The van der Waals surface area contributed by atoms with Gasteiger partial charge in [-0.25, -0.2) is 9.59 Å². The van der Waals surface area contributed by atoms with E-state index < -0.39 is 17.8 Å². The summed E-state index contributed by atoms with van der Waals surface area (Å²) in [4.78, 5) is 41.7. The van der Waals surface area contributed by atoms with Crippen molar-refractivity contribution in [3.05, 3.63) is 81.5 Å². The molecule has 8 heteroatoms. The fourth-order valence-corrected chi connectivity index (χ4v) is 5.23. The van der Waals surface area contributed by atoms with Crippen LogP contribution in [0.3, 0.4) is 0 Å². The zero-order chi connectivity index (χ0) is 22.0. The largest absolute Gasteiger partial charge is 0.478 e. The molecule has 0 aliphatic heterocycles. The van der Waals surface area contributed by atoms with Crippen LogP contribution in [-0.4, -0.2) is 35.0 Å². The molecule has 0 bridgehead atoms. The number of rotatable bonds is 5. The average Bonchev–Trinajstić information content (AvgIpc) is 3.16. The number of pyridine rings is 1. The predicted molar refractivity (Wildman–Crippen MR) is 116 cm³/mol. The van der Waals surface area contributed by atoms with Crippen LogP contribution in [0.1, 0.15) is 59.5 Å². The number of aromatic nitrogens is 1. The number of methoxy groups -OCH3 is 1. The maximum Gasteiger partial charge on any atom is 0.341 e. The summed E-state index contributed by atoms with van der Waals surface area (Å²) in [5.74, 6) is -2.12. The van der Waals surface area contributed by atoms with Crippen LogP contribution in [0.25, 0.3) is 0 Å². The summed E-state index contributed by atoms with van der Waals surface area (Å²) >= 11 is 1.33. The number of aromatic carboxylic acids is 1. The number of benzene rings is 1. The van der Waals surface area contributed by atoms with Crippen LogP contribution < -0.4 is 5.32 Å². The van der Waals surface area contributed by atoms with Gasteiger partial charge in [0, 0.05) is 11.1 Å². The Morgan fingerprint density at radius 1 is 1.16 bits per heavy atom. The predicted octanol–water partition coefficient (Wildman–Crippen LogP) is 4.15. The van der Waals surface area contributed by atoms with Crippen molar-refractivity contribution >= 4 is 34.2 Å². The molecule has 1 amide bonds. The lowest BCUT2D eigenvalue weighted by Crippen LogP contribution is -2.19. The highest BCUT2D eigenvalue weighted by molar-refractivity contribution is 7.17. The van der Waals surface area contributed by atoms with Gasteiger partial charge in [0.15, 0.2) is 0 Å². The van der Waals surface area contributed by atoms with Crippen LogP contribution in [0.4, 0.5) is 5.00 Å². The minimum Gasteiger partial charge on any atom is -0.478 e. The molecule has 0 fully saturated rings. The summed E-state index contributed by atoms with van der Waals surface area (Å²) in [6.07, 6.45) is 3.69. The monoisotopic (exact) mass is 436 g/mol. The molecule has 3 aromatic rings. The van der Waals surface area contributed by atoms with Crippen LogP contribution in [0, 0.1) is 0 Å². The SMILES string of the molecule is COC(=O)c1c(NC(=O)c2ncccc2C(=O)O)sc2c1CCC(c1ccccc1)C2. The Morgan fingerprint density at radius 3 is 2.65 bits per heavy atom. The van der Waals surface area contributed by atoms with Crippen molar-refractivity contribution < 1.29 is 24.2 Å². The number of anilines is 1. The molecule has 1 aromatic carbocycles. The molecule has 1 atom stereocenters. The first-order valence-electron chi connectivity index (χ1n) is 9.77. The van der Waals surface area contributed by atoms with Crippen molar-refractivity contribution in [3.8, 4) is 0 Å². The molecule has 2 N–H and O–H groups in total. The summed E-state index contributed by atoms with van der Waals surface area (Å²) in [6, 6.07) is 13.0. The van der Waals surface area contributed by atoms with E-state index in [1.54, 1.807) is 0 Å². The van der Waals surface area contributed by atoms with Gasteiger partial charge in [-0.1, -0.05) is 30.3 Å². The number of nitrogens with one attached hydrogen (secondary N) is 1. The molecule has 4 rings (SSSR count). The van der Waals surface area contributed by atoms with Gasteiger partial charge < -0.3 is 15.2 Å². The van der Waals surface area contributed by atoms with E-state index in [0.29, 0.717) is 22.9 Å². The van der Waals surface area contributed by atoms with Gasteiger partial charge in [-0.3, -0.25) is 9.78 Å². The molecule has 1 aliphatic carbocycles. The fourth-order valence-electron chi connectivity index (χ4n) is 3.92. The quantitative estimate of drug-likeness (QED) is 0.582. The minimum atomic E-state index is -1.25. The van der Waals surface area contributed by atoms with Gasteiger partial charge in [0.1, 0.15) is 10.7 Å². The number of nitrogens with zero attached hydrogens (tertiary/aromatic N) is 1. The number of hydrogen-bond donors (Lipinski definition) is 2. The summed E-state index contributed by atoms with van der Waals surface area (Å²) in [5.41, 5.74) is 2.06. The zero-order valence-electron chi connectivity index (χ0n) is 16.8. The summed E-state index contributed by atoms with van der Waals surface area (Å²) in [7, 11) is 1.30. The zero-order valence-corrected chi connectivity index (χ0v) is 17.6. The molecule has 0 saturated carbocycles. The van der Waals surface area contributed by atoms with Gasteiger partial charge in [0.25, 0.3) is 5.91 Å². The number of carbonyl (C=O) groups is 3. The van der Waals surface area contributed by atoms with Gasteiger partial charge in [0.05, 0.1) is 18.2 Å². The van der Waals surface area contributed by atoms with Gasteiger partial charge in [-0.05, 0) is 48.4 Å². The van der Waals surface area contributed by atoms with Gasteiger partial charge >= 0.3 is 11.9 Å². The first kappa shape index (κ1) is 20.7. The van der Waals surface area contributed by atoms with E-state index in [2.05, 4.69) is 22.4 Å². The van der Waals surface area contributed by atoms with Crippen molar-refractivity contribution in [1.29, 1.82) is 0 Å². The second kappa shape index (κ2) is 8.69. The highest BCUT2D eigenvalue weighted by Gasteiger charge is 2.31. The molecule has 158 valence electrons. The Labute approximate surface area is 182 Å². The second-order valence-corrected chi connectivity index (χ2v) is 8.31. The van der Waals surface area contributed by atoms with E-state index in [9.17, 15) is 19.5 Å². The van der Waals surface area contributed by atoms with E-state index in [4.69, 9.17) is 4.74 Å². The third-order valence-electron chi connectivity index (χ3n) is 5.41. The van der Waals surface area contributed by atoms with Crippen LogP contribution in [0.15, 0.2) is 48.7 Å².